The minimum Gasteiger partial charge on any atom is -0.340 e. The maximum Gasteiger partial charge on any atom is 2.00 e. The third-order valence-electron chi connectivity index (χ3n) is 11.8. The molecule has 0 aliphatic carbocycles. The van der Waals surface area contributed by atoms with Crippen LogP contribution in [0.2, 0.25) is 0 Å². The van der Waals surface area contributed by atoms with Gasteiger partial charge in [-0.1, -0.05) is 131 Å². The fourth-order valence-corrected chi connectivity index (χ4v) is 16.3. The van der Waals surface area contributed by atoms with E-state index >= 15 is 4.39 Å². The second kappa shape index (κ2) is 13.9. The van der Waals surface area contributed by atoms with Gasteiger partial charge in [-0.05, 0) is 50.4 Å². The van der Waals surface area contributed by atoms with Crippen LogP contribution in [0.3, 0.4) is 0 Å². The minimum atomic E-state index is -3.02. The average Bonchev–Trinajstić information content (AvgIpc) is 3.95. The van der Waals surface area contributed by atoms with Crippen LogP contribution >= 0.6 is 11.3 Å². The monoisotopic (exact) mass is 884 g/mol. The summed E-state index contributed by atoms with van der Waals surface area (Å²) in [7, 11) is -3.02. The van der Waals surface area contributed by atoms with Gasteiger partial charge in [-0.3, -0.25) is 4.98 Å². The normalized spacial score (nSPS) is 13.7. The van der Waals surface area contributed by atoms with Crippen LogP contribution in [0.25, 0.3) is 47.5 Å². The fraction of sp³-hybridized carbons (Fsp3) is 0.0196. The summed E-state index contributed by atoms with van der Waals surface area (Å²) in [6, 6.07) is 64.4. The second-order valence-electron chi connectivity index (χ2n) is 14.8. The molecule has 7 aromatic carbocycles. The zero-order valence-corrected chi connectivity index (χ0v) is 34.7. The summed E-state index contributed by atoms with van der Waals surface area (Å²) < 4.78 is 21.7. The van der Waals surface area contributed by atoms with Crippen molar-refractivity contribution < 1.29 is 24.8 Å². The quantitative estimate of drug-likeness (QED) is 0.0981. The number of nitrogens with zero attached hydrogens (tertiary/aromatic N) is 4. The molecule has 8 heteroatoms. The first kappa shape index (κ1) is 35.9. The molecule has 0 radical (unpaired) electrons. The molecule has 11 aromatic rings. The van der Waals surface area contributed by atoms with E-state index in [9.17, 15) is 0 Å². The maximum absolute atomic E-state index is 17.2. The van der Waals surface area contributed by atoms with Gasteiger partial charge in [0, 0.05) is 50.0 Å². The van der Waals surface area contributed by atoms with Gasteiger partial charge >= 0.3 is 20.4 Å². The molecule has 0 spiro atoms. The Kier molecular flexibility index (Phi) is 8.47. The predicted molar refractivity (Wildman–Crippen MR) is 240 cm³/mol. The van der Waals surface area contributed by atoms with Crippen molar-refractivity contribution in [2.75, 3.05) is 4.90 Å². The van der Waals surface area contributed by atoms with Gasteiger partial charge in [-0.15, -0.1) is 41.2 Å². The van der Waals surface area contributed by atoms with Gasteiger partial charge in [0.25, 0.3) is 0 Å². The van der Waals surface area contributed by atoms with Crippen molar-refractivity contribution >= 4 is 105 Å². The van der Waals surface area contributed by atoms with Crippen molar-refractivity contribution in [3.8, 4) is 0 Å². The first-order valence-electron chi connectivity index (χ1n) is 19.4. The van der Waals surface area contributed by atoms with E-state index in [4.69, 9.17) is 4.98 Å². The van der Waals surface area contributed by atoms with Crippen molar-refractivity contribution in [1.29, 1.82) is 0 Å². The van der Waals surface area contributed by atoms with E-state index < -0.39 is 14.2 Å². The van der Waals surface area contributed by atoms with Gasteiger partial charge in [0.1, 0.15) is 12.0 Å². The van der Waals surface area contributed by atoms with Crippen molar-refractivity contribution in [3.05, 3.63) is 206 Å². The third kappa shape index (κ3) is 5.21. The number of pyridine rings is 2. The Labute approximate surface area is 358 Å². The van der Waals surface area contributed by atoms with Gasteiger partial charge in [-0.2, -0.15) is 18.2 Å². The molecule has 5 heterocycles. The number of fused-ring (bicyclic) bond motifs is 12. The molecule has 282 valence electrons. The van der Waals surface area contributed by atoms with E-state index in [-0.39, 0.29) is 20.4 Å². The van der Waals surface area contributed by atoms with Gasteiger partial charge < -0.3 is 9.30 Å². The van der Waals surface area contributed by atoms with E-state index in [1.54, 1.807) is 6.20 Å². The number of imidazole rings is 1. The summed E-state index contributed by atoms with van der Waals surface area (Å²) in [6.07, 6.45) is 4.12. The smallest absolute Gasteiger partial charge is 0.340 e. The minimum absolute atomic E-state index is 0. The molecular formula is C51H31FN4PdSSi. The Morgan fingerprint density at radius 3 is 2.12 bits per heavy atom. The molecule has 59 heavy (non-hydrogen) atoms. The number of aromatic nitrogens is 3. The largest absolute Gasteiger partial charge is 2.00 e. The molecule has 4 aromatic heterocycles. The Bertz CT molecular complexity index is 3370. The average molecular weight is 885 g/mol. The summed E-state index contributed by atoms with van der Waals surface area (Å²) in [5.74, 6) is 0.837. The first-order valence-corrected chi connectivity index (χ1v) is 22.2. The molecule has 12 rings (SSSR count). The summed E-state index contributed by atoms with van der Waals surface area (Å²) in [4.78, 5) is 12.1. The molecule has 0 saturated heterocycles. The molecule has 0 amide bonds. The molecule has 1 aliphatic heterocycles. The zero-order chi connectivity index (χ0) is 38.4. The second-order valence-corrected chi connectivity index (χ2v) is 19.6. The SMILES string of the molecule is FC(c1[c-]c(N2c3ccc4c(sc5ccccc54)c3[Si](c3ccccc3)(c3ccccc3)c3cccnc32)ccc1)c1[c-]c2c(cc1)c1ccccc1n1ccnc21.[Pd+2]. The Balaban J connectivity index is 0.00000397. The summed E-state index contributed by atoms with van der Waals surface area (Å²) in [5, 5.41) is 10.4. The van der Waals surface area contributed by atoms with E-state index in [2.05, 4.69) is 148 Å². The van der Waals surface area contributed by atoms with Gasteiger partial charge in [-0.25, -0.2) is 9.37 Å². The Morgan fingerprint density at radius 2 is 1.31 bits per heavy atom. The van der Waals surface area contributed by atoms with E-state index in [1.807, 2.05) is 66.2 Å². The summed E-state index contributed by atoms with van der Waals surface area (Å²) in [6.45, 7) is 0. The predicted octanol–water partition coefficient (Wildman–Crippen LogP) is 10.2. The topological polar surface area (TPSA) is 33.4 Å². The van der Waals surface area contributed by atoms with Crippen LogP contribution in [-0.4, -0.2) is 22.4 Å². The zero-order valence-electron chi connectivity index (χ0n) is 31.3. The Hall–Kier alpha value is -6.27. The van der Waals surface area contributed by atoms with Crippen LogP contribution < -0.4 is 25.6 Å². The molecular weight excluding hydrogens is 854 g/mol. The number of thiophene rings is 1. The van der Waals surface area contributed by atoms with Gasteiger partial charge in [0.15, 0.2) is 8.07 Å². The number of rotatable bonds is 5. The molecule has 0 fully saturated rings. The fourth-order valence-electron chi connectivity index (χ4n) is 9.40. The molecule has 0 bridgehead atoms. The summed E-state index contributed by atoms with van der Waals surface area (Å²) in [5.41, 5.74) is 4.44. The van der Waals surface area contributed by atoms with Gasteiger partial charge in [0.05, 0.1) is 5.65 Å². The molecule has 1 unspecified atom stereocenters. The van der Waals surface area contributed by atoms with Crippen LogP contribution in [0.5, 0.6) is 0 Å². The number of benzene rings is 7. The molecule has 1 atom stereocenters. The number of anilines is 3. The number of para-hydroxylation sites is 1. The van der Waals surface area contributed by atoms with Crippen LogP contribution in [-0.2, 0) is 20.4 Å². The van der Waals surface area contributed by atoms with Crippen molar-refractivity contribution in [1.82, 2.24) is 14.4 Å². The molecule has 0 saturated carbocycles. The van der Waals surface area contributed by atoms with E-state index in [0.717, 1.165) is 44.5 Å². The summed E-state index contributed by atoms with van der Waals surface area (Å²) >= 11 is 1.85. The Morgan fingerprint density at radius 1 is 0.593 bits per heavy atom. The van der Waals surface area contributed by atoms with Crippen LogP contribution in [0.4, 0.5) is 21.6 Å². The van der Waals surface area contributed by atoms with Crippen LogP contribution in [0.15, 0.2) is 182 Å². The molecule has 0 N–H and O–H groups in total. The molecule has 1 aliphatic rings. The number of hydrogen-bond acceptors (Lipinski definition) is 4. The number of halogens is 1. The van der Waals surface area contributed by atoms with Crippen molar-refractivity contribution in [2.45, 2.75) is 6.17 Å². The van der Waals surface area contributed by atoms with Crippen LogP contribution in [0, 0.1) is 12.1 Å². The molecule has 4 nitrogen and oxygen atoms in total. The maximum atomic E-state index is 17.2. The van der Waals surface area contributed by atoms with Crippen molar-refractivity contribution in [2.24, 2.45) is 0 Å². The van der Waals surface area contributed by atoms with Crippen molar-refractivity contribution in [3.63, 3.8) is 0 Å². The van der Waals surface area contributed by atoms with Gasteiger partial charge in [0.2, 0.25) is 0 Å². The standard InChI is InChI=1S/C51H31FN4SSi.Pd/c52-47(34-24-25-38-39-19-7-9-21-43(39)55-30-29-54-50(55)42(38)32-34)33-13-11-14-35(31-33)56-44-27-26-41-40-20-8-10-22-45(40)57-48(41)49(44)58(36-15-3-1-4-16-36,37-17-5-2-6-18-37)46-23-12-28-53-51(46)56;/h1-30,47H;/q-2;+2. The number of hydrogen-bond donors (Lipinski definition) is 0. The van der Waals surface area contributed by atoms with E-state index in [1.165, 1.54) is 40.9 Å². The number of alkyl halides is 1. The van der Waals surface area contributed by atoms with Crippen LogP contribution in [0.1, 0.15) is 17.3 Å². The van der Waals surface area contributed by atoms with E-state index in [0.29, 0.717) is 11.1 Å². The first-order chi connectivity index (χ1) is 28.7. The third-order valence-corrected chi connectivity index (χ3v) is 18.1.